The molecule has 4 aromatic rings. The van der Waals surface area contributed by atoms with Gasteiger partial charge in [-0.25, -0.2) is 4.99 Å². The molecular weight excluding hydrogens is 592 g/mol. The van der Waals surface area contributed by atoms with E-state index in [1.165, 1.54) is 11.3 Å². The zero-order valence-corrected chi connectivity index (χ0v) is 27.3. The molecule has 0 radical (unpaired) electrons. The summed E-state index contributed by atoms with van der Waals surface area (Å²) in [5.74, 6) is 2.39. The highest BCUT2D eigenvalue weighted by atomic mass is 32.1. The highest BCUT2D eigenvalue weighted by Gasteiger charge is 2.36. The first kappa shape index (κ1) is 30.3. The first-order valence-electron chi connectivity index (χ1n) is 14.8. The Morgan fingerprint density at radius 2 is 1.80 bits per heavy atom. The molecule has 0 unspecified atom stereocenters. The number of rotatable bonds is 8. The van der Waals surface area contributed by atoms with Crippen molar-refractivity contribution in [3.05, 3.63) is 95.9 Å². The molecule has 0 saturated heterocycles. The Balaban J connectivity index is 1.54. The van der Waals surface area contributed by atoms with Crippen LogP contribution >= 0.6 is 11.3 Å². The van der Waals surface area contributed by atoms with Gasteiger partial charge in [-0.1, -0.05) is 11.3 Å². The largest absolute Gasteiger partial charge is 0.497 e. The summed E-state index contributed by atoms with van der Waals surface area (Å²) in [6.45, 7) is 11.0. The Kier molecular flexibility index (Phi) is 8.05. The summed E-state index contributed by atoms with van der Waals surface area (Å²) in [7, 11) is 3.16. The van der Waals surface area contributed by atoms with E-state index in [0.717, 1.165) is 28.4 Å². The average molecular weight is 629 g/mol. The van der Waals surface area contributed by atoms with Crippen molar-refractivity contribution >= 4 is 23.3 Å². The van der Waals surface area contributed by atoms with Gasteiger partial charge >= 0.3 is 0 Å². The van der Waals surface area contributed by atoms with Crippen LogP contribution in [0.2, 0.25) is 0 Å². The van der Waals surface area contributed by atoms with E-state index in [2.05, 4.69) is 10.6 Å². The fraction of sp³-hybridized carbons (Fsp3) is 0.324. The third-order valence-electron chi connectivity index (χ3n) is 8.41. The lowest BCUT2D eigenvalue weighted by Crippen LogP contribution is -2.43. The summed E-state index contributed by atoms with van der Waals surface area (Å²) in [4.78, 5) is 35.5. The number of methoxy groups -OCH3 is 2. The molecule has 2 aliphatic rings. The third kappa shape index (κ3) is 5.10. The molecule has 10 nitrogen and oxygen atoms in total. The maximum atomic E-state index is 14.4. The minimum atomic E-state index is -0.761. The number of fused-ring (bicyclic) bond motifs is 2. The van der Waals surface area contributed by atoms with E-state index in [-0.39, 0.29) is 18.3 Å². The SMILES string of the molecule is CCN(CC)C(=O)C1=C(C)N=c2s/c(=C\c3cc(C)n(-c4ccc5c(c4)OCO5)c3C)c(=O)n2[C@@H]1c1cc(OC)ccc1OC. The van der Waals surface area contributed by atoms with Crippen molar-refractivity contribution in [3.8, 4) is 28.7 Å². The molecule has 1 amide bonds. The molecule has 0 N–H and O–H groups in total. The van der Waals surface area contributed by atoms with E-state index < -0.39 is 6.04 Å². The molecule has 11 heteroatoms. The van der Waals surface area contributed by atoms with Crippen molar-refractivity contribution in [2.75, 3.05) is 34.1 Å². The zero-order chi connectivity index (χ0) is 32.0. The molecule has 6 rings (SSSR count). The van der Waals surface area contributed by atoms with Crippen LogP contribution in [0.15, 0.2) is 63.5 Å². The summed E-state index contributed by atoms with van der Waals surface area (Å²) in [6.07, 6.45) is 1.90. The number of likely N-dealkylation sites (N-methyl/N-ethyl adjacent to an activating group) is 1. The molecular formula is C34H36N4O6S. The standard InChI is InChI=1S/C34H36N4O6S/c1-8-36(9-2)33(40)30-20(4)35-34-38(31(30)25-17-24(41-6)11-13-26(25)42-7)32(39)29(45-34)15-22-14-19(3)37(21(22)5)23-10-12-27-28(16-23)44-18-43-27/h10-17,31H,8-9,18H2,1-7H3/b29-15-/t31-/m1/s1. The Hall–Kier alpha value is -4.77. The van der Waals surface area contributed by atoms with Crippen LogP contribution in [-0.4, -0.2) is 54.0 Å². The van der Waals surface area contributed by atoms with Gasteiger partial charge in [0.25, 0.3) is 11.5 Å². The fourth-order valence-corrected chi connectivity index (χ4v) is 7.16. The minimum Gasteiger partial charge on any atom is -0.497 e. The lowest BCUT2D eigenvalue weighted by molar-refractivity contribution is -0.127. The smallest absolute Gasteiger partial charge is 0.271 e. The Bertz CT molecular complexity index is 2030. The predicted molar refractivity (Wildman–Crippen MR) is 173 cm³/mol. The van der Waals surface area contributed by atoms with Crippen molar-refractivity contribution in [2.24, 2.45) is 4.99 Å². The topological polar surface area (TPSA) is 96.5 Å². The first-order valence-corrected chi connectivity index (χ1v) is 15.6. The molecule has 234 valence electrons. The average Bonchev–Trinajstić information content (AvgIpc) is 3.71. The van der Waals surface area contributed by atoms with E-state index in [1.807, 2.05) is 65.0 Å². The normalized spacial score (nSPS) is 15.6. The number of aromatic nitrogens is 2. The van der Waals surface area contributed by atoms with Crippen LogP contribution in [0.5, 0.6) is 23.0 Å². The summed E-state index contributed by atoms with van der Waals surface area (Å²) >= 11 is 1.30. The lowest BCUT2D eigenvalue weighted by Gasteiger charge is -2.30. The quantitative estimate of drug-likeness (QED) is 0.290. The maximum Gasteiger partial charge on any atom is 0.271 e. The summed E-state index contributed by atoms with van der Waals surface area (Å²) in [6, 6.07) is 12.6. The van der Waals surface area contributed by atoms with E-state index in [0.29, 0.717) is 56.5 Å². The second-order valence-corrected chi connectivity index (χ2v) is 11.9. The number of hydrogen-bond donors (Lipinski definition) is 0. The van der Waals surface area contributed by atoms with Crippen molar-refractivity contribution in [2.45, 2.75) is 40.7 Å². The number of nitrogens with zero attached hydrogens (tertiary/aromatic N) is 4. The van der Waals surface area contributed by atoms with Gasteiger partial charge in [0, 0.05) is 41.8 Å². The highest BCUT2D eigenvalue weighted by molar-refractivity contribution is 7.07. The van der Waals surface area contributed by atoms with Crippen molar-refractivity contribution in [1.29, 1.82) is 0 Å². The molecule has 0 bridgehead atoms. The van der Waals surface area contributed by atoms with E-state index in [9.17, 15) is 9.59 Å². The molecule has 2 aromatic carbocycles. The summed E-state index contributed by atoms with van der Waals surface area (Å²) in [5.41, 5.74) is 5.23. The first-order chi connectivity index (χ1) is 21.7. The van der Waals surface area contributed by atoms with Crippen LogP contribution < -0.4 is 33.8 Å². The van der Waals surface area contributed by atoms with Crippen LogP contribution in [0.1, 0.15) is 49.3 Å². The van der Waals surface area contributed by atoms with Gasteiger partial charge < -0.3 is 28.4 Å². The van der Waals surface area contributed by atoms with Crippen LogP contribution in [0.4, 0.5) is 0 Å². The molecule has 45 heavy (non-hydrogen) atoms. The van der Waals surface area contributed by atoms with E-state index in [1.54, 1.807) is 35.8 Å². The number of carbonyl (C=O) groups is 1. The van der Waals surface area contributed by atoms with Crippen LogP contribution in [0, 0.1) is 13.8 Å². The van der Waals surface area contributed by atoms with Gasteiger partial charge in [-0.2, -0.15) is 0 Å². The van der Waals surface area contributed by atoms with Gasteiger partial charge in [0.05, 0.1) is 30.0 Å². The molecule has 0 spiro atoms. The van der Waals surface area contributed by atoms with E-state index in [4.69, 9.17) is 23.9 Å². The number of thiazole rings is 1. The van der Waals surface area contributed by atoms with Gasteiger partial charge in [-0.3, -0.25) is 14.2 Å². The van der Waals surface area contributed by atoms with Crippen LogP contribution in [0.3, 0.4) is 0 Å². The number of hydrogen-bond acceptors (Lipinski definition) is 8. The predicted octanol–water partition coefficient (Wildman–Crippen LogP) is 4.26. The molecule has 2 aromatic heterocycles. The number of benzene rings is 2. The summed E-state index contributed by atoms with van der Waals surface area (Å²) < 4.78 is 26.7. The second-order valence-electron chi connectivity index (χ2n) is 10.9. The van der Waals surface area contributed by atoms with Crippen molar-refractivity contribution < 1.29 is 23.7 Å². The van der Waals surface area contributed by atoms with Crippen molar-refractivity contribution in [1.82, 2.24) is 14.0 Å². The number of carbonyl (C=O) groups excluding carboxylic acids is 1. The maximum absolute atomic E-state index is 14.4. The zero-order valence-electron chi connectivity index (χ0n) is 26.5. The Morgan fingerprint density at radius 1 is 1.04 bits per heavy atom. The molecule has 0 aliphatic carbocycles. The fourth-order valence-electron chi connectivity index (χ4n) is 6.12. The molecule has 1 atom stereocenters. The second kappa shape index (κ2) is 12.0. The molecule has 2 aliphatic heterocycles. The van der Waals surface area contributed by atoms with Gasteiger partial charge in [0.1, 0.15) is 17.5 Å². The minimum absolute atomic E-state index is 0.169. The Labute approximate surface area is 265 Å². The van der Waals surface area contributed by atoms with E-state index >= 15 is 0 Å². The number of allylic oxidation sites excluding steroid dienone is 1. The molecule has 0 saturated carbocycles. The third-order valence-corrected chi connectivity index (χ3v) is 9.39. The molecule has 4 heterocycles. The number of ether oxygens (including phenoxy) is 4. The van der Waals surface area contributed by atoms with Crippen molar-refractivity contribution in [3.63, 3.8) is 0 Å². The van der Waals surface area contributed by atoms with Gasteiger partial charge in [-0.15, -0.1) is 0 Å². The summed E-state index contributed by atoms with van der Waals surface area (Å²) in [5, 5.41) is 0. The lowest BCUT2D eigenvalue weighted by atomic mass is 9.93. The molecule has 0 fully saturated rings. The number of amides is 1. The van der Waals surface area contributed by atoms with Gasteiger partial charge in [-0.05, 0) is 82.7 Å². The van der Waals surface area contributed by atoms with Gasteiger partial charge in [0.15, 0.2) is 16.3 Å². The monoisotopic (exact) mass is 628 g/mol. The van der Waals surface area contributed by atoms with Crippen LogP contribution in [-0.2, 0) is 4.79 Å². The van der Waals surface area contributed by atoms with Crippen LogP contribution in [0.25, 0.3) is 11.8 Å². The number of aryl methyl sites for hydroxylation is 1. The van der Waals surface area contributed by atoms with Gasteiger partial charge in [0.2, 0.25) is 6.79 Å². The highest BCUT2D eigenvalue weighted by Crippen LogP contribution is 2.38. The Morgan fingerprint density at radius 3 is 2.51 bits per heavy atom.